The Morgan fingerprint density at radius 3 is 2.74 bits per heavy atom. The van der Waals surface area contributed by atoms with Gasteiger partial charge in [-0.05, 0) is 48.5 Å². The molecule has 5 nitrogen and oxygen atoms in total. The molecule has 1 aliphatic heterocycles. The predicted octanol–water partition coefficient (Wildman–Crippen LogP) is 3.23. The van der Waals surface area contributed by atoms with Crippen molar-refractivity contribution >= 4 is 5.91 Å². The van der Waals surface area contributed by atoms with E-state index in [1.165, 1.54) is 11.1 Å². The van der Waals surface area contributed by atoms with Gasteiger partial charge in [0.05, 0.1) is 7.11 Å². The van der Waals surface area contributed by atoms with E-state index in [1.54, 1.807) is 7.11 Å². The third-order valence-electron chi connectivity index (χ3n) is 4.98. The smallest absolute Gasteiger partial charge is 0.254 e. The highest BCUT2D eigenvalue weighted by atomic mass is 16.5. The van der Waals surface area contributed by atoms with Gasteiger partial charge < -0.3 is 19.7 Å². The van der Waals surface area contributed by atoms with Crippen molar-refractivity contribution in [1.82, 2.24) is 10.2 Å². The van der Waals surface area contributed by atoms with Crippen LogP contribution in [0.25, 0.3) is 0 Å². The van der Waals surface area contributed by atoms with E-state index in [1.807, 2.05) is 42.3 Å². The van der Waals surface area contributed by atoms with Gasteiger partial charge in [-0.15, -0.1) is 0 Å². The minimum atomic E-state index is -0.140. The second kappa shape index (κ2) is 8.01. The first kappa shape index (κ1) is 19.2. The fourth-order valence-electron chi connectivity index (χ4n) is 3.59. The molecule has 2 aromatic carbocycles. The first-order valence-electron chi connectivity index (χ1n) is 9.29. The molecule has 0 unspecified atom stereocenters. The second-order valence-electron chi connectivity index (χ2n) is 7.55. The third-order valence-corrected chi connectivity index (χ3v) is 4.98. The van der Waals surface area contributed by atoms with E-state index < -0.39 is 0 Å². The fourth-order valence-corrected chi connectivity index (χ4v) is 3.59. The zero-order chi connectivity index (χ0) is 19.4. The van der Waals surface area contributed by atoms with Crippen LogP contribution in [0, 0.1) is 0 Å². The fraction of sp³-hybridized carbons (Fsp3) is 0.409. The lowest BCUT2D eigenvalue weighted by atomic mass is 9.78. The third kappa shape index (κ3) is 4.25. The lowest BCUT2D eigenvalue weighted by Crippen LogP contribution is -2.45. The van der Waals surface area contributed by atoms with Crippen molar-refractivity contribution in [2.75, 3.05) is 33.9 Å². The van der Waals surface area contributed by atoms with Crippen molar-refractivity contribution in [3.05, 3.63) is 59.2 Å². The molecule has 1 N–H and O–H groups in total. The normalized spacial score (nSPS) is 15.2. The molecule has 1 aliphatic rings. The average molecular weight is 368 g/mol. The summed E-state index contributed by atoms with van der Waals surface area (Å²) >= 11 is 0. The quantitative estimate of drug-likeness (QED) is 0.796. The molecule has 0 saturated heterocycles. The zero-order valence-corrected chi connectivity index (χ0v) is 16.5. The van der Waals surface area contributed by atoms with Gasteiger partial charge in [0.15, 0.2) is 0 Å². The Bertz CT molecular complexity index is 817. The molecule has 0 atom stereocenters. The number of likely N-dealkylation sites (N-methyl/N-ethyl adjacent to an activating group) is 1. The number of benzene rings is 2. The van der Waals surface area contributed by atoms with Crippen LogP contribution in [0.3, 0.4) is 0 Å². The Morgan fingerprint density at radius 1 is 1.19 bits per heavy atom. The van der Waals surface area contributed by atoms with Gasteiger partial charge in [-0.1, -0.05) is 26.0 Å². The molecule has 0 aromatic heterocycles. The largest absolute Gasteiger partial charge is 0.497 e. The van der Waals surface area contributed by atoms with Gasteiger partial charge in [0.25, 0.3) is 5.91 Å². The van der Waals surface area contributed by atoms with Crippen molar-refractivity contribution in [2.45, 2.75) is 25.8 Å². The highest BCUT2D eigenvalue weighted by Crippen LogP contribution is 2.36. The van der Waals surface area contributed by atoms with Crippen LogP contribution < -0.4 is 14.8 Å². The Hall–Kier alpha value is -2.53. The number of hydrogen-bond donors (Lipinski definition) is 1. The molecule has 2 aromatic rings. The molecule has 27 heavy (non-hydrogen) atoms. The summed E-state index contributed by atoms with van der Waals surface area (Å²) in [6.45, 7) is 6.94. The number of carbonyl (C=O) groups excluding carboxylic acids is 1. The molecule has 0 bridgehead atoms. The molecule has 0 spiro atoms. The molecule has 0 aliphatic carbocycles. The summed E-state index contributed by atoms with van der Waals surface area (Å²) < 4.78 is 11.1. The number of hydrogen-bond acceptors (Lipinski definition) is 4. The van der Waals surface area contributed by atoms with Crippen LogP contribution in [0.4, 0.5) is 0 Å². The van der Waals surface area contributed by atoms with Crippen LogP contribution in [0.1, 0.15) is 35.3 Å². The summed E-state index contributed by atoms with van der Waals surface area (Å²) in [5.74, 6) is 1.61. The SMILES string of the molecule is CNCCOc1cccc(C(=O)N2Cc3ccc(OC)cc3C(C)(C)C2)c1. The van der Waals surface area contributed by atoms with Crippen LogP contribution in [-0.4, -0.2) is 44.7 Å². The summed E-state index contributed by atoms with van der Waals surface area (Å²) in [6, 6.07) is 13.5. The van der Waals surface area contributed by atoms with Crippen LogP contribution in [-0.2, 0) is 12.0 Å². The first-order chi connectivity index (χ1) is 12.9. The molecule has 144 valence electrons. The number of rotatable bonds is 6. The molecule has 1 heterocycles. The van der Waals surface area contributed by atoms with E-state index >= 15 is 0 Å². The van der Waals surface area contributed by atoms with E-state index in [0.29, 0.717) is 25.3 Å². The second-order valence-corrected chi connectivity index (χ2v) is 7.55. The van der Waals surface area contributed by atoms with Gasteiger partial charge in [0.2, 0.25) is 0 Å². The number of nitrogens with one attached hydrogen (secondary N) is 1. The van der Waals surface area contributed by atoms with Crippen molar-refractivity contribution in [3.63, 3.8) is 0 Å². The number of nitrogens with zero attached hydrogens (tertiary/aromatic N) is 1. The minimum absolute atomic E-state index is 0.0311. The lowest BCUT2D eigenvalue weighted by Gasteiger charge is -2.40. The van der Waals surface area contributed by atoms with E-state index in [0.717, 1.165) is 18.0 Å². The number of fused-ring (bicyclic) bond motifs is 1. The maximum absolute atomic E-state index is 13.1. The molecule has 1 amide bonds. The van der Waals surface area contributed by atoms with Crippen LogP contribution in [0.5, 0.6) is 11.5 Å². The monoisotopic (exact) mass is 368 g/mol. The number of methoxy groups -OCH3 is 1. The number of amides is 1. The summed E-state index contributed by atoms with van der Waals surface area (Å²) in [4.78, 5) is 15.1. The summed E-state index contributed by atoms with van der Waals surface area (Å²) in [5.41, 5.74) is 2.93. The van der Waals surface area contributed by atoms with Gasteiger partial charge >= 0.3 is 0 Å². The average Bonchev–Trinajstić information content (AvgIpc) is 2.67. The number of carbonyl (C=O) groups is 1. The van der Waals surface area contributed by atoms with Crippen LogP contribution in [0.15, 0.2) is 42.5 Å². The first-order valence-corrected chi connectivity index (χ1v) is 9.29. The predicted molar refractivity (Wildman–Crippen MR) is 107 cm³/mol. The van der Waals surface area contributed by atoms with Crippen molar-refractivity contribution in [3.8, 4) is 11.5 Å². The summed E-state index contributed by atoms with van der Waals surface area (Å²) in [5, 5.41) is 3.04. The van der Waals surface area contributed by atoms with Crippen LogP contribution >= 0.6 is 0 Å². The molecule has 0 fully saturated rings. The van der Waals surface area contributed by atoms with E-state index in [9.17, 15) is 4.79 Å². The van der Waals surface area contributed by atoms with Gasteiger partial charge in [-0.2, -0.15) is 0 Å². The molecule has 0 radical (unpaired) electrons. The van der Waals surface area contributed by atoms with Gasteiger partial charge in [0, 0.05) is 30.6 Å². The summed E-state index contributed by atoms with van der Waals surface area (Å²) in [7, 11) is 3.56. The van der Waals surface area contributed by atoms with Crippen molar-refractivity contribution in [2.24, 2.45) is 0 Å². The Morgan fingerprint density at radius 2 is 2.00 bits per heavy atom. The Labute approximate surface area is 161 Å². The van der Waals surface area contributed by atoms with E-state index in [-0.39, 0.29) is 11.3 Å². The Balaban J connectivity index is 1.81. The van der Waals surface area contributed by atoms with Gasteiger partial charge in [-0.25, -0.2) is 0 Å². The number of ether oxygens (including phenoxy) is 2. The molecule has 3 rings (SSSR count). The van der Waals surface area contributed by atoms with E-state index in [4.69, 9.17) is 9.47 Å². The van der Waals surface area contributed by atoms with Gasteiger partial charge in [-0.3, -0.25) is 4.79 Å². The zero-order valence-electron chi connectivity index (χ0n) is 16.5. The van der Waals surface area contributed by atoms with Crippen LogP contribution in [0.2, 0.25) is 0 Å². The maximum atomic E-state index is 13.1. The molecule has 0 saturated carbocycles. The Kier molecular flexibility index (Phi) is 5.71. The maximum Gasteiger partial charge on any atom is 0.254 e. The summed E-state index contributed by atoms with van der Waals surface area (Å²) in [6.07, 6.45) is 0. The highest BCUT2D eigenvalue weighted by molar-refractivity contribution is 5.94. The van der Waals surface area contributed by atoms with Crippen molar-refractivity contribution < 1.29 is 14.3 Å². The highest BCUT2D eigenvalue weighted by Gasteiger charge is 2.34. The lowest BCUT2D eigenvalue weighted by molar-refractivity contribution is 0.0685. The molecule has 5 heteroatoms. The molecular formula is C22H28N2O3. The van der Waals surface area contributed by atoms with Crippen molar-refractivity contribution in [1.29, 1.82) is 0 Å². The molecular weight excluding hydrogens is 340 g/mol. The van der Waals surface area contributed by atoms with E-state index in [2.05, 4.69) is 31.3 Å². The van der Waals surface area contributed by atoms with Gasteiger partial charge in [0.1, 0.15) is 18.1 Å². The topological polar surface area (TPSA) is 50.8 Å². The minimum Gasteiger partial charge on any atom is -0.497 e. The standard InChI is InChI=1S/C22H28N2O3/c1-22(2)15-24(14-17-8-9-18(26-4)13-20(17)22)21(25)16-6-5-7-19(12-16)27-11-10-23-3/h5-9,12-13,23H,10-11,14-15H2,1-4H3.